The summed E-state index contributed by atoms with van der Waals surface area (Å²) < 4.78 is 5.08. The quantitative estimate of drug-likeness (QED) is 0.799. The first-order valence-electron chi connectivity index (χ1n) is 6.55. The van der Waals surface area contributed by atoms with Crippen LogP contribution in [-0.4, -0.2) is 55.5 Å². The van der Waals surface area contributed by atoms with Crippen molar-refractivity contribution in [3.8, 4) is 18.1 Å². The number of piperazine rings is 1. The van der Waals surface area contributed by atoms with Crippen molar-refractivity contribution in [2.75, 3.05) is 39.8 Å². The van der Waals surface area contributed by atoms with Gasteiger partial charge >= 0.3 is 0 Å². The minimum absolute atomic E-state index is 0.0817. The molecule has 0 saturated carbocycles. The lowest BCUT2D eigenvalue weighted by Crippen LogP contribution is -2.48. The molecule has 21 heavy (non-hydrogen) atoms. The van der Waals surface area contributed by atoms with Gasteiger partial charge in [-0.05, 0) is 12.1 Å². The largest absolute Gasteiger partial charge is 0.494 e. The zero-order chi connectivity index (χ0) is 15.4. The molecule has 112 valence electrons. The Morgan fingerprint density at radius 1 is 1.29 bits per heavy atom. The van der Waals surface area contributed by atoms with Crippen molar-refractivity contribution >= 4 is 29.1 Å². The number of methoxy groups -OCH3 is 1. The molecule has 0 bridgehead atoms. The molecule has 1 aliphatic rings. The molecule has 0 aromatic heterocycles. The molecular formula is C15H16Cl2N2O2. The molecule has 0 atom stereocenters. The molecule has 1 aromatic rings. The number of carbonyl (C=O) groups excluding carboxylic acids is 1. The topological polar surface area (TPSA) is 32.8 Å². The molecule has 2 rings (SSSR count). The first-order chi connectivity index (χ1) is 10.1. The van der Waals surface area contributed by atoms with E-state index in [1.807, 2.05) is 0 Å². The van der Waals surface area contributed by atoms with Crippen molar-refractivity contribution in [3.63, 3.8) is 0 Å². The van der Waals surface area contributed by atoms with Gasteiger partial charge in [-0.25, -0.2) is 0 Å². The van der Waals surface area contributed by atoms with Gasteiger partial charge in [0.25, 0.3) is 5.91 Å². The molecular weight excluding hydrogens is 311 g/mol. The third-order valence-electron chi connectivity index (χ3n) is 3.42. The Morgan fingerprint density at radius 3 is 2.33 bits per heavy atom. The van der Waals surface area contributed by atoms with E-state index in [2.05, 4.69) is 10.8 Å². The van der Waals surface area contributed by atoms with Gasteiger partial charge in [-0.3, -0.25) is 9.69 Å². The second-order valence-electron chi connectivity index (χ2n) is 4.75. The lowest BCUT2D eigenvalue weighted by molar-refractivity contribution is 0.0652. The van der Waals surface area contributed by atoms with Crippen LogP contribution in [0, 0.1) is 12.3 Å². The Morgan fingerprint density at radius 2 is 1.86 bits per heavy atom. The van der Waals surface area contributed by atoms with Crippen LogP contribution in [0.3, 0.4) is 0 Å². The van der Waals surface area contributed by atoms with E-state index < -0.39 is 0 Å². The van der Waals surface area contributed by atoms with Gasteiger partial charge in [0, 0.05) is 31.7 Å². The van der Waals surface area contributed by atoms with Crippen molar-refractivity contribution in [1.82, 2.24) is 9.80 Å². The van der Waals surface area contributed by atoms with Crippen LogP contribution < -0.4 is 4.74 Å². The highest BCUT2D eigenvalue weighted by Crippen LogP contribution is 2.34. The van der Waals surface area contributed by atoms with Gasteiger partial charge in [0.1, 0.15) is 0 Å². The third-order valence-corrected chi connectivity index (χ3v) is 3.99. The number of hydrogen-bond acceptors (Lipinski definition) is 3. The maximum absolute atomic E-state index is 12.5. The van der Waals surface area contributed by atoms with Gasteiger partial charge in [0.15, 0.2) is 5.75 Å². The van der Waals surface area contributed by atoms with Gasteiger partial charge < -0.3 is 9.64 Å². The number of ether oxygens (including phenoxy) is 1. The van der Waals surface area contributed by atoms with Crippen molar-refractivity contribution in [3.05, 3.63) is 27.7 Å². The summed E-state index contributed by atoms with van der Waals surface area (Å²) in [5, 5.41) is 0.665. The highest BCUT2D eigenvalue weighted by atomic mass is 35.5. The SMILES string of the molecule is C#CCN1CCN(C(=O)c2cc(Cl)c(OC)c(Cl)c2)CC1. The number of carbonyl (C=O) groups is 1. The van der Waals surface area contributed by atoms with Crippen LogP contribution >= 0.6 is 23.2 Å². The number of terminal acetylenes is 1. The number of hydrogen-bond donors (Lipinski definition) is 0. The van der Waals surface area contributed by atoms with E-state index in [1.54, 1.807) is 17.0 Å². The van der Waals surface area contributed by atoms with Crippen molar-refractivity contribution in [2.45, 2.75) is 0 Å². The molecule has 0 radical (unpaired) electrons. The average molecular weight is 327 g/mol. The zero-order valence-corrected chi connectivity index (χ0v) is 13.2. The van der Waals surface area contributed by atoms with E-state index in [0.29, 0.717) is 41.0 Å². The van der Waals surface area contributed by atoms with Crippen LogP contribution in [0.4, 0.5) is 0 Å². The predicted molar refractivity (Wildman–Crippen MR) is 84.2 cm³/mol. The standard InChI is InChI=1S/C15H16Cl2N2O2/c1-3-4-18-5-7-19(8-6-18)15(20)11-9-12(16)14(21-2)13(17)10-11/h1,9-10H,4-8H2,2H3. The van der Waals surface area contributed by atoms with Crippen LogP contribution in [0.1, 0.15) is 10.4 Å². The average Bonchev–Trinajstić information content (AvgIpc) is 2.47. The maximum Gasteiger partial charge on any atom is 0.254 e. The minimum Gasteiger partial charge on any atom is -0.494 e. The lowest BCUT2D eigenvalue weighted by atomic mass is 10.1. The summed E-state index contributed by atoms with van der Waals surface area (Å²) in [6.45, 7) is 3.44. The lowest BCUT2D eigenvalue weighted by Gasteiger charge is -2.33. The molecule has 0 spiro atoms. The summed E-state index contributed by atoms with van der Waals surface area (Å²) in [5.74, 6) is 2.92. The smallest absolute Gasteiger partial charge is 0.254 e. The summed E-state index contributed by atoms with van der Waals surface area (Å²) in [5.41, 5.74) is 0.469. The molecule has 0 unspecified atom stereocenters. The number of benzene rings is 1. The molecule has 0 aliphatic carbocycles. The second kappa shape index (κ2) is 7.04. The third kappa shape index (κ3) is 3.62. The Bertz CT molecular complexity index is 553. The number of rotatable bonds is 3. The summed E-state index contributed by atoms with van der Waals surface area (Å²) >= 11 is 12.1. The first-order valence-corrected chi connectivity index (χ1v) is 7.30. The summed E-state index contributed by atoms with van der Waals surface area (Å²) in [6, 6.07) is 3.17. The van der Waals surface area contributed by atoms with Crippen LogP contribution in [0.5, 0.6) is 5.75 Å². The molecule has 1 aromatic carbocycles. The minimum atomic E-state index is -0.0817. The van der Waals surface area contributed by atoms with Crippen molar-refractivity contribution in [2.24, 2.45) is 0 Å². The Hall–Kier alpha value is -1.41. The van der Waals surface area contributed by atoms with Crippen LogP contribution in [0.15, 0.2) is 12.1 Å². The highest BCUT2D eigenvalue weighted by molar-refractivity contribution is 6.37. The zero-order valence-electron chi connectivity index (χ0n) is 11.7. The molecule has 0 N–H and O–H groups in total. The van der Waals surface area contributed by atoms with Gasteiger partial charge in [-0.1, -0.05) is 29.1 Å². The van der Waals surface area contributed by atoms with Gasteiger partial charge in [0.2, 0.25) is 0 Å². The van der Waals surface area contributed by atoms with E-state index in [0.717, 1.165) is 13.1 Å². The summed E-state index contributed by atoms with van der Waals surface area (Å²) in [7, 11) is 1.49. The van der Waals surface area contributed by atoms with Gasteiger partial charge in [0.05, 0.1) is 23.7 Å². The molecule has 1 heterocycles. The van der Waals surface area contributed by atoms with Crippen molar-refractivity contribution < 1.29 is 9.53 Å². The first kappa shape index (κ1) is 16.0. The summed E-state index contributed by atoms with van der Waals surface area (Å²) in [6.07, 6.45) is 5.29. The number of amides is 1. The van der Waals surface area contributed by atoms with E-state index in [9.17, 15) is 4.79 Å². The van der Waals surface area contributed by atoms with Gasteiger partial charge in [-0.15, -0.1) is 6.42 Å². The van der Waals surface area contributed by atoms with E-state index in [1.165, 1.54) is 7.11 Å². The highest BCUT2D eigenvalue weighted by Gasteiger charge is 2.23. The molecule has 1 fully saturated rings. The monoisotopic (exact) mass is 326 g/mol. The normalized spacial score (nSPS) is 15.6. The van der Waals surface area contributed by atoms with Crippen molar-refractivity contribution in [1.29, 1.82) is 0 Å². The Balaban J connectivity index is 2.10. The number of halogens is 2. The van der Waals surface area contributed by atoms with Crippen LogP contribution in [-0.2, 0) is 0 Å². The van der Waals surface area contributed by atoms with E-state index in [-0.39, 0.29) is 5.91 Å². The fourth-order valence-electron chi connectivity index (χ4n) is 2.30. The number of nitrogens with zero attached hydrogens (tertiary/aromatic N) is 2. The second-order valence-corrected chi connectivity index (χ2v) is 5.56. The van der Waals surface area contributed by atoms with E-state index >= 15 is 0 Å². The van der Waals surface area contributed by atoms with Crippen LogP contribution in [0.2, 0.25) is 10.0 Å². The maximum atomic E-state index is 12.5. The fraction of sp³-hybridized carbons (Fsp3) is 0.400. The van der Waals surface area contributed by atoms with Crippen LogP contribution in [0.25, 0.3) is 0 Å². The fourth-order valence-corrected chi connectivity index (χ4v) is 2.94. The molecule has 1 aliphatic heterocycles. The molecule has 1 saturated heterocycles. The molecule has 4 nitrogen and oxygen atoms in total. The summed E-state index contributed by atoms with van der Waals surface area (Å²) in [4.78, 5) is 16.4. The Kier molecular flexibility index (Phi) is 5.35. The van der Waals surface area contributed by atoms with E-state index in [4.69, 9.17) is 34.4 Å². The molecule has 6 heteroatoms. The predicted octanol–water partition coefficient (Wildman–Crippen LogP) is 2.39. The Labute approximate surface area is 134 Å². The van der Waals surface area contributed by atoms with Gasteiger partial charge in [-0.2, -0.15) is 0 Å². The molecule has 1 amide bonds.